The molecule has 0 fully saturated rings. The summed E-state index contributed by atoms with van der Waals surface area (Å²) in [6.07, 6.45) is 0. The number of ether oxygens (including phenoxy) is 1. The van der Waals surface area contributed by atoms with Gasteiger partial charge in [-0.3, -0.25) is 0 Å². The van der Waals surface area contributed by atoms with Gasteiger partial charge in [-0.2, -0.15) is 0 Å². The number of aryl methyl sites for hydroxylation is 1. The smallest absolute Gasteiger partial charge is 0.277 e. The van der Waals surface area contributed by atoms with Crippen molar-refractivity contribution in [1.82, 2.24) is 15.2 Å². The van der Waals surface area contributed by atoms with E-state index in [1.807, 2.05) is 55.6 Å². The van der Waals surface area contributed by atoms with Crippen molar-refractivity contribution in [3.8, 4) is 28.0 Å². The highest BCUT2D eigenvalue weighted by molar-refractivity contribution is 7.98. The standard InChI is InChI=1S/C19H17N3O3S2/c1-3-23-15-7-5-4-6-14(15)17-21-22-19(25-17)27-11-13-10-26-18(20-13)16-9-8-12(2)24-16/h4-10H,3,11H2,1-2H3. The summed E-state index contributed by atoms with van der Waals surface area (Å²) >= 11 is 3.01. The van der Waals surface area contributed by atoms with Crippen LogP contribution in [0.5, 0.6) is 5.75 Å². The van der Waals surface area contributed by atoms with Crippen LogP contribution in [-0.4, -0.2) is 21.8 Å². The van der Waals surface area contributed by atoms with E-state index < -0.39 is 0 Å². The van der Waals surface area contributed by atoms with Crippen molar-refractivity contribution < 1.29 is 13.6 Å². The third-order valence-electron chi connectivity index (χ3n) is 3.67. The Morgan fingerprint density at radius 3 is 2.81 bits per heavy atom. The molecule has 4 rings (SSSR count). The quantitative estimate of drug-likeness (QED) is 0.382. The van der Waals surface area contributed by atoms with Crippen LogP contribution in [0.2, 0.25) is 0 Å². The van der Waals surface area contributed by atoms with Crippen molar-refractivity contribution in [2.24, 2.45) is 0 Å². The fourth-order valence-corrected chi connectivity index (χ4v) is 4.01. The Bertz CT molecular complexity index is 1040. The minimum atomic E-state index is 0.451. The van der Waals surface area contributed by atoms with Crippen molar-refractivity contribution in [2.45, 2.75) is 24.8 Å². The predicted molar refractivity (Wildman–Crippen MR) is 105 cm³/mol. The lowest BCUT2D eigenvalue weighted by Crippen LogP contribution is -1.93. The molecule has 0 saturated carbocycles. The van der Waals surface area contributed by atoms with Gasteiger partial charge in [0, 0.05) is 11.1 Å². The monoisotopic (exact) mass is 399 g/mol. The summed E-state index contributed by atoms with van der Waals surface area (Å²) < 4.78 is 17.0. The maximum Gasteiger partial charge on any atom is 0.277 e. The predicted octanol–water partition coefficient (Wildman–Crippen LogP) is 5.45. The van der Waals surface area contributed by atoms with Gasteiger partial charge in [-0.15, -0.1) is 21.5 Å². The molecular weight excluding hydrogens is 382 g/mol. The highest BCUT2D eigenvalue weighted by Crippen LogP contribution is 2.32. The zero-order valence-electron chi connectivity index (χ0n) is 14.8. The first-order chi connectivity index (χ1) is 13.2. The molecule has 0 amide bonds. The molecule has 6 nitrogen and oxygen atoms in total. The average Bonchev–Trinajstić information content (AvgIpc) is 3.41. The van der Waals surface area contributed by atoms with Gasteiger partial charge in [0.15, 0.2) is 10.8 Å². The lowest BCUT2D eigenvalue weighted by atomic mass is 10.2. The van der Waals surface area contributed by atoms with Crippen LogP contribution in [0.15, 0.2) is 55.8 Å². The molecule has 8 heteroatoms. The molecule has 0 aliphatic rings. The molecule has 1 aromatic carbocycles. The molecule has 0 radical (unpaired) electrons. The van der Waals surface area contributed by atoms with Crippen LogP contribution in [0.3, 0.4) is 0 Å². The second-order valence-electron chi connectivity index (χ2n) is 5.65. The van der Waals surface area contributed by atoms with Gasteiger partial charge in [0.05, 0.1) is 17.9 Å². The normalized spacial score (nSPS) is 11.0. The van der Waals surface area contributed by atoms with Gasteiger partial charge in [0.2, 0.25) is 0 Å². The molecular formula is C19H17N3O3S2. The topological polar surface area (TPSA) is 74.2 Å². The molecule has 0 aliphatic carbocycles. The van der Waals surface area contributed by atoms with Crippen molar-refractivity contribution in [3.63, 3.8) is 0 Å². The summed E-state index contributed by atoms with van der Waals surface area (Å²) in [4.78, 5) is 4.61. The number of aromatic nitrogens is 3. The van der Waals surface area contributed by atoms with Crippen LogP contribution in [-0.2, 0) is 5.75 Å². The second kappa shape index (κ2) is 7.98. The summed E-state index contributed by atoms with van der Waals surface area (Å²) in [5.41, 5.74) is 1.74. The lowest BCUT2D eigenvalue weighted by Gasteiger charge is -2.05. The zero-order chi connectivity index (χ0) is 18.6. The summed E-state index contributed by atoms with van der Waals surface area (Å²) in [5, 5.41) is 11.7. The van der Waals surface area contributed by atoms with E-state index in [4.69, 9.17) is 13.6 Å². The van der Waals surface area contributed by atoms with Crippen molar-refractivity contribution in [3.05, 3.63) is 53.2 Å². The van der Waals surface area contributed by atoms with Gasteiger partial charge in [-0.05, 0) is 38.1 Å². The molecule has 0 saturated heterocycles. The van der Waals surface area contributed by atoms with E-state index >= 15 is 0 Å². The minimum absolute atomic E-state index is 0.451. The Balaban J connectivity index is 1.44. The van der Waals surface area contributed by atoms with E-state index in [0.29, 0.717) is 23.5 Å². The summed E-state index contributed by atoms with van der Waals surface area (Å²) in [5.74, 6) is 3.50. The summed E-state index contributed by atoms with van der Waals surface area (Å²) in [7, 11) is 0. The van der Waals surface area contributed by atoms with E-state index in [9.17, 15) is 0 Å². The maximum atomic E-state index is 5.79. The molecule has 3 heterocycles. The number of para-hydroxylation sites is 1. The van der Waals surface area contributed by atoms with Gasteiger partial charge < -0.3 is 13.6 Å². The van der Waals surface area contributed by atoms with E-state index in [1.54, 1.807) is 11.3 Å². The Morgan fingerprint density at radius 2 is 2.00 bits per heavy atom. The number of nitrogens with zero attached hydrogens (tertiary/aromatic N) is 3. The number of hydrogen-bond acceptors (Lipinski definition) is 8. The molecule has 0 aliphatic heterocycles. The average molecular weight is 399 g/mol. The van der Waals surface area contributed by atoms with Crippen molar-refractivity contribution in [1.29, 1.82) is 0 Å². The number of furan rings is 1. The highest BCUT2D eigenvalue weighted by Gasteiger charge is 2.15. The Morgan fingerprint density at radius 1 is 1.11 bits per heavy atom. The van der Waals surface area contributed by atoms with E-state index in [1.165, 1.54) is 11.8 Å². The maximum absolute atomic E-state index is 5.79. The number of thiazole rings is 1. The van der Waals surface area contributed by atoms with Crippen LogP contribution in [0.4, 0.5) is 0 Å². The first kappa shape index (κ1) is 17.8. The largest absolute Gasteiger partial charge is 0.493 e. The Labute approximate surface area is 164 Å². The van der Waals surface area contributed by atoms with Crippen LogP contribution in [0.25, 0.3) is 22.2 Å². The number of hydrogen-bond donors (Lipinski definition) is 0. The molecule has 138 valence electrons. The van der Waals surface area contributed by atoms with E-state index in [0.717, 1.165) is 33.5 Å². The van der Waals surface area contributed by atoms with Crippen molar-refractivity contribution in [2.75, 3.05) is 6.61 Å². The Hall–Kier alpha value is -2.58. The van der Waals surface area contributed by atoms with Gasteiger partial charge in [-0.1, -0.05) is 23.9 Å². The third kappa shape index (κ3) is 4.06. The van der Waals surface area contributed by atoms with Crippen LogP contribution in [0.1, 0.15) is 18.4 Å². The molecule has 27 heavy (non-hydrogen) atoms. The first-order valence-corrected chi connectivity index (χ1v) is 10.3. The fraction of sp³-hybridized carbons (Fsp3) is 0.211. The molecule has 3 aromatic heterocycles. The van der Waals surface area contributed by atoms with Gasteiger partial charge in [0.25, 0.3) is 11.1 Å². The SMILES string of the molecule is CCOc1ccccc1-c1nnc(SCc2csc(-c3ccc(C)o3)n2)o1. The zero-order valence-corrected chi connectivity index (χ0v) is 16.5. The molecule has 0 spiro atoms. The fourth-order valence-electron chi connectivity index (χ4n) is 2.47. The van der Waals surface area contributed by atoms with E-state index in [-0.39, 0.29) is 0 Å². The first-order valence-electron chi connectivity index (χ1n) is 8.42. The third-order valence-corrected chi connectivity index (χ3v) is 5.43. The summed E-state index contributed by atoms with van der Waals surface area (Å²) in [6, 6.07) is 11.5. The van der Waals surface area contributed by atoms with Crippen LogP contribution >= 0.6 is 23.1 Å². The van der Waals surface area contributed by atoms with Crippen LogP contribution < -0.4 is 4.74 Å². The molecule has 4 aromatic rings. The highest BCUT2D eigenvalue weighted by atomic mass is 32.2. The minimum Gasteiger partial charge on any atom is -0.493 e. The number of rotatable bonds is 7. The second-order valence-corrected chi connectivity index (χ2v) is 7.43. The Kier molecular flexibility index (Phi) is 5.26. The van der Waals surface area contributed by atoms with Gasteiger partial charge in [-0.25, -0.2) is 4.98 Å². The van der Waals surface area contributed by atoms with E-state index in [2.05, 4.69) is 15.2 Å². The number of thioether (sulfide) groups is 1. The van der Waals surface area contributed by atoms with Crippen molar-refractivity contribution >= 4 is 23.1 Å². The molecule has 0 unspecified atom stereocenters. The number of benzene rings is 1. The molecule has 0 atom stereocenters. The van der Waals surface area contributed by atoms with Gasteiger partial charge in [0.1, 0.15) is 11.5 Å². The molecule has 0 N–H and O–H groups in total. The lowest BCUT2D eigenvalue weighted by molar-refractivity contribution is 0.340. The molecule has 0 bridgehead atoms. The summed E-state index contributed by atoms with van der Waals surface area (Å²) in [6.45, 7) is 4.44. The van der Waals surface area contributed by atoms with Gasteiger partial charge >= 0.3 is 0 Å². The van der Waals surface area contributed by atoms with Crippen LogP contribution in [0, 0.1) is 6.92 Å².